The maximum Gasteiger partial charge on any atom is 0.0611 e. The molecule has 0 aromatic rings. The van der Waals surface area contributed by atoms with Gasteiger partial charge in [-0.25, -0.2) is 0 Å². The predicted octanol–water partition coefficient (Wildman–Crippen LogP) is 14.4. The molecule has 75 heavy (non-hydrogen) atoms. The third-order valence-electron chi connectivity index (χ3n) is 28.0. The van der Waals surface area contributed by atoms with Crippen molar-refractivity contribution in [3.63, 3.8) is 0 Å². The Morgan fingerprint density at radius 1 is 0.227 bits per heavy atom. The van der Waals surface area contributed by atoms with E-state index in [4.69, 9.17) is 0 Å². The molecule has 0 aromatic carbocycles. The second kappa shape index (κ2) is 23.4. The van der Waals surface area contributed by atoms with Crippen molar-refractivity contribution in [3.05, 3.63) is 11.1 Å². The molecule has 11 fully saturated rings. The first kappa shape index (κ1) is 53.8. The van der Waals surface area contributed by atoms with Crippen LogP contribution in [0.5, 0.6) is 0 Å². The van der Waals surface area contributed by atoms with E-state index in [1.807, 2.05) is 0 Å². The number of aliphatic hydroxyl groups is 6. The molecule has 25 atom stereocenters. The third kappa shape index (κ3) is 10.9. The first-order valence-corrected chi connectivity index (χ1v) is 34.4. The number of allylic oxidation sites excluding steroid dienone is 1. The molecule has 0 heterocycles. The molecule has 25 unspecified atom stereocenters. The van der Waals surface area contributed by atoms with Gasteiger partial charge in [-0.05, 0) is 252 Å². The summed E-state index contributed by atoms with van der Waals surface area (Å²) in [5.74, 6) is 9.55. The number of fused-ring (bicyclic) bond motifs is 5. The summed E-state index contributed by atoms with van der Waals surface area (Å²) in [4.78, 5) is 0. The summed E-state index contributed by atoms with van der Waals surface area (Å²) in [6.45, 7) is 0. The van der Waals surface area contributed by atoms with E-state index >= 15 is 0 Å². The molecule has 0 aromatic heterocycles. The Morgan fingerprint density at radius 3 is 0.720 bits per heavy atom. The van der Waals surface area contributed by atoms with E-state index in [-0.39, 0.29) is 89.9 Å². The lowest BCUT2D eigenvalue weighted by molar-refractivity contribution is -0.140. The van der Waals surface area contributed by atoms with Gasteiger partial charge >= 0.3 is 0 Å². The second-order valence-electron chi connectivity index (χ2n) is 31.3. The second-order valence-corrected chi connectivity index (χ2v) is 31.3. The molecule has 0 bridgehead atoms. The SMILES string of the molecule is OC1CC2=C(CCCC2)CC1C(C1CC(C(C2CC3CCCCC3CC2O)C2CC3CCCCC3CC2O)CC(C(C2CC3CCCCC3CC2O)C2CC3CCCCC3CC2O)C1)C1CC2CCCCC2CC1O. The van der Waals surface area contributed by atoms with E-state index in [1.165, 1.54) is 148 Å². The molecule has 424 valence electrons. The molecule has 13 aliphatic carbocycles. The molecular formula is C69H112O6. The average Bonchev–Trinajstić information content (AvgIpc) is 3.42. The van der Waals surface area contributed by atoms with Crippen molar-refractivity contribution in [1.29, 1.82) is 0 Å². The maximum atomic E-state index is 13.0. The van der Waals surface area contributed by atoms with Gasteiger partial charge in [-0.1, -0.05) is 140 Å². The van der Waals surface area contributed by atoms with Gasteiger partial charge in [0.15, 0.2) is 0 Å². The van der Waals surface area contributed by atoms with Crippen LogP contribution in [0.4, 0.5) is 0 Å². The lowest BCUT2D eigenvalue weighted by Gasteiger charge is -2.58. The van der Waals surface area contributed by atoms with E-state index in [0.717, 1.165) is 103 Å². The molecule has 13 rings (SSSR count). The molecule has 0 spiro atoms. The van der Waals surface area contributed by atoms with Crippen LogP contribution < -0.4 is 0 Å². The summed E-state index contributed by atoms with van der Waals surface area (Å²) in [6.07, 6.45) is 44.5. The van der Waals surface area contributed by atoms with Crippen LogP contribution in [-0.4, -0.2) is 67.3 Å². The fraction of sp³-hybridized carbons (Fsp3) is 0.971. The first-order valence-electron chi connectivity index (χ1n) is 34.4. The fourth-order valence-corrected chi connectivity index (χ4v) is 24.7. The van der Waals surface area contributed by atoms with Gasteiger partial charge in [0.1, 0.15) is 0 Å². The summed E-state index contributed by atoms with van der Waals surface area (Å²) in [6, 6.07) is 0. The zero-order valence-electron chi connectivity index (χ0n) is 47.4. The standard InChI is InChI=1S/C69H112O6/c70-61-34-46-19-7-1-13-40(46)28-55(61)67(56-29-41-14-2-8-20-47(41)35-62(56)71)52-25-53(68(57-30-42-15-3-9-21-48(42)36-63(57)72)58-31-43-16-4-10-22-49(43)37-64(58)73)27-54(26-52)69(59-32-44-17-5-11-23-50(44)38-65(59)74)60-33-45-18-6-12-24-51(45)39-66(60)75/h40-44,46-50,52-75H,1-39H2. The largest absolute Gasteiger partial charge is 0.393 e. The molecule has 0 radical (unpaired) electrons. The highest BCUT2D eigenvalue weighted by Gasteiger charge is 2.58. The van der Waals surface area contributed by atoms with Crippen LogP contribution in [0.25, 0.3) is 0 Å². The highest BCUT2D eigenvalue weighted by molar-refractivity contribution is 5.23. The van der Waals surface area contributed by atoms with E-state index in [9.17, 15) is 30.6 Å². The lowest BCUT2D eigenvalue weighted by Crippen LogP contribution is -2.55. The Morgan fingerprint density at radius 2 is 0.453 bits per heavy atom. The Bertz CT molecular complexity index is 1750. The van der Waals surface area contributed by atoms with E-state index < -0.39 is 0 Å². The molecule has 6 N–H and O–H groups in total. The molecule has 6 heteroatoms. The van der Waals surface area contributed by atoms with Gasteiger partial charge in [0.25, 0.3) is 0 Å². The lowest BCUT2D eigenvalue weighted by atomic mass is 9.48. The summed E-state index contributed by atoms with van der Waals surface area (Å²) in [5, 5.41) is 77.9. The minimum atomic E-state index is -0.368. The number of hydrogen-bond acceptors (Lipinski definition) is 6. The van der Waals surface area contributed by atoms with Crippen LogP contribution in [-0.2, 0) is 0 Å². The zero-order valence-corrected chi connectivity index (χ0v) is 47.4. The highest BCUT2D eigenvalue weighted by atomic mass is 16.3. The number of rotatable bonds is 9. The van der Waals surface area contributed by atoms with Crippen molar-refractivity contribution in [3.8, 4) is 0 Å². The monoisotopic (exact) mass is 1040 g/mol. The molecule has 0 saturated heterocycles. The van der Waals surface area contributed by atoms with Crippen LogP contribution in [0, 0.1) is 130 Å². The minimum absolute atomic E-state index is 0.154. The van der Waals surface area contributed by atoms with E-state index in [2.05, 4.69) is 0 Å². The number of hydrogen-bond donors (Lipinski definition) is 6. The Balaban J connectivity index is 0.944. The van der Waals surface area contributed by atoms with Crippen molar-refractivity contribution < 1.29 is 30.6 Å². The third-order valence-corrected chi connectivity index (χ3v) is 28.0. The van der Waals surface area contributed by atoms with Crippen molar-refractivity contribution in [1.82, 2.24) is 0 Å². The molecule has 0 amide bonds. The van der Waals surface area contributed by atoms with Crippen LogP contribution in [0.2, 0.25) is 0 Å². The molecular weight excluding hydrogens is 925 g/mol. The molecule has 6 nitrogen and oxygen atoms in total. The quantitative estimate of drug-likeness (QED) is 0.128. The van der Waals surface area contributed by atoms with Crippen molar-refractivity contribution in [2.75, 3.05) is 0 Å². The van der Waals surface area contributed by atoms with Crippen LogP contribution >= 0.6 is 0 Å². The summed E-state index contributed by atoms with van der Waals surface area (Å²) >= 11 is 0. The van der Waals surface area contributed by atoms with Gasteiger partial charge in [0, 0.05) is 0 Å². The minimum Gasteiger partial charge on any atom is -0.393 e. The van der Waals surface area contributed by atoms with Gasteiger partial charge in [-0.3, -0.25) is 0 Å². The van der Waals surface area contributed by atoms with Crippen LogP contribution in [0.3, 0.4) is 0 Å². The predicted molar refractivity (Wildman–Crippen MR) is 300 cm³/mol. The highest BCUT2D eigenvalue weighted by Crippen LogP contribution is 2.63. The normalized spacial score (nSPS) is 51.8. The van der Waals surface area contributed by atoms with Gasteiger partial charge in [-0.15, -0.1) is 0 Å². The van der Waals surface area contributed by atoms with Gasteiger partial charge < -0.3 is 30.6 Å². The molecule has 13 aliphatic rings. The topological polar surface area (TPSA) is 121 Å². The molecule has 0 aliphatic heterocycles. The Labute approximate surface area is 457 Å². The zero-order chi connectivity index (χ0) is 50.9. The van der Waals surface area contributed by atoms with Crippen LogP contribution in [0.15, 0.2) is 11.1 Å². The first-order chi connectivity index (χ1) is 36.6. The number of aliphatic hydroxyl groups excluding tert-OH is 6. The van der Waals surface area contributed by atoms with Crippen molar-refractivity contribution in [2.45, 2.75) is 287 Å². The molecule has 11 saturated carbocycles. The van der Waals surface area contributed by atoms with Gasteiger partial charge in [0.05, 0.1) is 36.6 Å². The van der Waals surface area contributed by atoms with Crippen molar-refractivity contribution >= 4 is 0 Å². The fourth-order valence-electron chi connectivity index (χ4n) is 24.7. The Hall–Kier alpha value is -0.500. The summed E-state index contributed by atoms with van der Waals surface area (Å²) < 4.78 is 0. The van der Waals surface area contributed by atoms with Crippen molar-refractivity contribution in [2.24, 2.45) is 130 Å². The van der Waals surface area contributed by atoms with E-state index in [0.29, 0.717) is 76.9 Å². The average molecular weight is 1040 g/mol. The van der Waals surface area contributed by atoms with Gasteiger partial charge in [0.2, 0.25) is 0 Å². The van der Waals surface area contributed by atoms with Gasteiger partial charge in [-0.2, -0.15) is 0 Å². The summed E-state index contributed by atoms with van der Waals surface area (Å²) in [5.41, 5.74) is 3.24. The summed E-state index contributed by atoms with van der Waals surface area (Å²) in [7, 11) is 0. The van der Waals surface area contributed by atoms with Crippen LogP contribution in [0.1, 0.15) is 250 Å². The smallest absolute Gasteiger partial charge is 0.0611 e. The Kier molecular flexibility index (Phi) is 16.8. The maximum absolute atomic E-state index is 13.0. The van der Waals surface area contributed by atoms with E-state index in [1.54, 1.807) is 11.1 Å².